The highest BCUT2D eigenvalue weighted by atomic mass is 79.9. The van der Waals surface area contributed by atoms with Crippen molar-refractivity contribution in [2.45, 2.75) is 5.75 Å². The van der Waals surface area contributed by atoms with Gasteiger partial charge in [0.15, 0.2) is 0 Å². The van der Waals surface area contributed by atoms with Gasteiger partial charge in [0.05, 0.1) is 29.9 Å². The number of halogens is 2. The first-order chi connectivity index (χ1) is 9.99. The van der Waals surface area contributed by atoms with Crippen molar-refractivity contribution in [3.05, 3.63) is 45.4 Å². The molecule has 112 valence electrons. The van der Waals surface area contributed by atoms with Crippen LogP contribution in [0.15, 0.2) is 39.7 Å². The van der Waals surface area contributed by atoms with Gasteiger partial charge >= 0.3 is 0 Å². The lowest BCUT2D eigenvalue weighted by atomic mass is 10.2. The molecule has 1 atom stereocenters. The molecule has 1 aromatic heterocycles. The smallest absolute Gasteiger partial charge is 0.129 e. The molecule has 2 aromatic rings. The van der Waals surface area contributed by atoms with E-state index in [2.05, 4.69) is 27.5 Å². The number of hydrogen-bond acceptors (Lipinski definition) is 4. The maximum atomic E-state index is 11.8. The molecular weight excluding hydrogens is 394 g/mol. The Morgan fingerprint density at radius 3 is 3.00 bits per heavy atom. The van der Waals surface area contributed by atoms with Crippen LogP contribution in [0.2, 0.25) is 0 Å². The van der Waals surface area contributed by atoms with Crippen LogP contribution in [-0.2, 0) is 16.6 Å². The number of hydrogen-bond donors (Lipinski definition) is 0. The third-order valence-electron chi connectivity index (χ3n) is 2.57. The van der Waals surface area contributed by atoms with Crippen LogP contribution in [-0.4, -0.2) is 22.1 Å². The van der Waals surface area contributed by atoms with Gasteiger partial charge in [-0.15, -0.1) is 11.3 Å². The zero-order valence-corrected chi connectivity index (χ0v) is 15.2. The molecule has 2 rings (SSSR count). The number of thiazole rings is 1. The minimum absolute atomic E-state index is 0.286. The molecule has 0 spiro atoms. The third-order valence-corrected chi connectivity index (χ3v) is 5.57. The molecule has 0 saturated heterocycles. The lowest BCUT2D eigenvalue weighted by molar-refractivity contribution is 0.416. The fourth-order valence-electron chi connectivity index (χ4n) is 1.73. The molecule has 1 heterocycles. The van der Waals surface area contributed by atoms with E-state index >= 15 is 0 Å². The maximum Gasteiger partial charge on any atom is 0.129 e. The fourth-order valence-corrected chi connectivity index (χ4v) is 4.34. The van der Waals surface area contributed by atoms with Gasteiger partial charge in [-0.25, -0.2) is 4.98 Å². The summed E-state index contributed by atoms with van der Waals surface area (Å²) in [5.74, 6) is 1.42. The molecule has 0 fully saturated rings. The van der Waals surface area contributed by atoms with Crippen LogP contribution in [0.5, 0.6) is 5.75 Å². The van der Waals surface area contributed by atoms with Crippen molar-refractivity contribution in [1.29, 1.82) is 0 Å². The van der Waals surface area contributed by atoms with E-state index in [9.17, 15) is 4.21 Å². The van der Waals surface area contributed by atoms with Gasteiger partial charge in [-0.3, -0.25) is 4.21 Å². The molecule has 7 heteroatoms. The van der Waals surface area contributed by atoms with Crippen molar-refractivity contribution in [2.75, 3.05) is 12.9 Å². The van der Waals surface area contributed by atoms with E-state index in [-0.39, 0.29) is 5.75 Å². The molecular formula is C14H13BrClNO2S2. The summed E-state index contributed by atoms with van der Waals surface area (Å²) in [6, 6.07) is 5.76. The fraction of sp³-hybridized carbons (Fsp3) is 0.214. The Morgan fingerprint density at radius 2 is 2.33 bits per heavy atom. The first kappa shape index (κ1) is 16.7. The van der Waals surface area contributed by atoms with E-state index < -0.39 is 10.8 Å². The molecule has 0 aliphatic heterocycles. The van der Waals surface area contributed by atoms with Crippen LogP contribution in [0.25, 0.3) is 10.6 Å². The summed E-state index contributed by atoms with van der Waals surface area (Å²) in [6.45, 7) is 3.55. The largest absolute Gasteiger partial charge is 0.496 e. The Bertz CT molecular complexity index is 687. The molecule has 0 unspecified atom stereocenters. The summed E-state index contributed by atoms with van der Waals surface area (Å²) in [4.78, 5) is 4.53. The van der Waals surface area contributed by atoms with E-state index in [4.69, 9.17) is 16.3 Å². The molecule has 0 bridgehead atoms. The molecule has 0 saturated carbocycles. The molecule has 3 nitrogen and oxygen atoms in total. The van der Waals surface area contributed by atoms with E-state index in [1.54, 1.807) is 7.11 Å². The standard InChI is InChI=1S/C14H13BrClNO2S2/c1-9(16)7-21(18)8-11-6-20-14(17-11)12-5-10(15)3-4-13(12)19-2/h3-6H,1,7-8H2,2H3/t21-/m1/s1. The first-order valence-electron chi connectivity index (χ1n) is 5.96. The first-order valence-corrected chi connectivity index (χ1v) is 9.50. The number of aromatic nitrogens is 1. The van der Waals surface area contributed by atoms with Gasteiger partial charge in [0.2, 0.25) is 0 Å². The molecule has 1 aromatic carbocycles. The number of methoxy groups -OCH3 is 1. The zero-order chi connectivity index (χ0) is 15.4. The highest BCUT2D eigenvalue weighted by Crippen LogP contribution is 2.34. The normalized spacial score (nSPS) is 12.1. The SMILES string of the molecule is C=C(Cl)C[S@@](=O)Cc1csc(-c2cc(Br)ccc2OC)n1. The number of rotatable bonds is 6. The predicted molar refractivity (Wildman–Crippen MR) is 93.5 cm³/mol. The monoisotopic (exact) mass is 405 g/mol. The van der Waals surface area contributed by atoms with Crippen molar-refractivity contribution in [3.63, 3.8) is 0 Å². The Kier molecular flexibility index (Phi) is 5.98. The van der Waals surface area contributed by atoms with Crippen LogP contribution >= 0.6 is 38.9 Å². The Labute approximate surface area is 143 Å². The van der Waals surface area contributed by atoms with Crippen LogP contribution in [0.3, 0.4) is 0 Å². The maximum absolute atomic E-state index is 11.8. The average Bonchev–Trinajstić information content (AvgIpc) is 2.85. The minimum Gasteiger partial charge on any atom is -0.496 e. The van der Waals surface area contributed by atoms with Gasteiger partial charge in [-0.1, -0.05) is 34.1 Å². The second kappa shape index (κ2) is 7.54. The van der Waals surface area contributed by atoms with Crippen molar-refractivity contribution in [2.24, 2.45) is 0 Å². The summed E-state index contributed by atoms with van der Waals surface area (Å²) in [5.41, 5.74) is 1.70. The van der Waals surface area contributed by atoms with Gasteiger partial charge < -0.3 is 4.74 Å². The lowest BCUT2D eigenvalue weighted by Gasteiger charge is -2.06. The second-order valence-electron chi connectivity index (χ2n) is 4.23. The highest BCUT2D eigenvalue weighted by molar-refractivity contribution is 9.10. The Morgan fingerprint density at radius 1 is 1.57 bits per heavy atom. The number of nitrogens with zero attached hydrogens (tertiary/aromatic N) is 1. The average molecular weight is 407 g/mol. The van der Waals surface area contributed by atoms with Crippen LogP contribution in [0.1, 0.15) is 5.69 Å². The van der Waals surface area contributed by atoms with Crippen molar-refractivity contribution >= 4 is 49.7 Å². The zero-order valence-electron chi connectivity index (χ0n) is 11.3. The minimum atomic E-state index is -1.08. The summed E-state index contributed by atoms with van der Waals surface area (Å²) >= 11 is 10.6. The van der Waals surface area contributed by atoms with E-state index in [1.165, 1.54) is 11.3 Å². The molecule has 0 radical (unpaired) electrons. The number of ether oxygens (including phenoxy) is 1. The number of benzene rings is 1. The Hall–Kier alpha value is -0.690. The second-order valence-corrected chi connectivity index (χ2v) is 8.00. The summed E-state index contributed by atoms with van der Waals surface area (Å²) in [7, 11) is 0.544. The third kappa shape index (κ3) is 4.64. The molecule has 0 N–H and O–H groups in total. The summed E-state index contributed by atoms with van der Waals surface area (Å²) < 4.78 is 18.2. The van der Waals surface area contributed by atoms with Gasteiger partial charge in [0.25, 0.3) is 0 Å². The van der Waals surface area contributed by atoms with E-state index in [1.807, 2.05) is 23.6 Å². The molecule has 0 amide bonds. The summed E-state index contributed by atoms with van der Waals surface area (Å²) in [6.07, 6.45) is 0. The lowest BCUT2D eigenvalue weighted by Crippen LogP contribution is -2.01. The Balaban J connectivity index is 2.22. The predicted octanol–water partition coefficient (Wildman–Crippen LogP) is 4.58. The quantitative estimate of drug-likeness (QED) is 0.704. The molecule has 0 aliphatic carbocycles. The van der Waals surface area contributed by atoms with Gasteiger partial charge in [-0.05, 0) is 18.2 Å². The summed E-state index contributed by atoms with van der Waals surface area (Å²) in [5, 5.41) is 3.15. The van der Waals surface area contributed by atoms with Gasteiger partial charge in [0, 0.05) is 25.7 Å². The van der Waals surface area contributed by atoms with Crippen LogP contribution in [0, 0.1) is 0 Å². The van der Waals surface area contributed by atoms with Gasteiger partial charge in [0.1, 0.15) is 10.8 Å². The molecule has 21 heavy (non-hydrogen) atoms. The van der Waals surface area contributed by atoms with Crippen molar-refractivity contribution in [3.8, 4) is 16.3 Å². The van der Waals surface area contributed by atoms with Crippen LogP contribution in [0.4, 0.5) is 0 Å². The van der Waals surface area contributed by atoms with Crippen molar-refractivity contribution in [1.82, 2.24) is 4.98 Å². The van der Waals surface area contributed by atoms with E-state index in [0.717, 1.165) is 26.5 Å². The molecule has 0 aliphatic rings. The highest BCUT2D eigenvalue weighted by Gasteiger charge is 2.12. The topological polar surface area (TPSA) is 39.2 Å². The van der Waals surface area contributed by atoms with E-state index in [0.29, 0.717) is 10.8 Å². The van der Waals surface area contributed by atoms with Gasteiger partial charge in [-0.2, -0.15) is 0 Å². The van der Waals surface area contributed by atoms with Crippen molar-refractivity contribution < 1.29 is 8.95 Å². The van der Waals surface area contributed by atoms with Crippen LogP contribution < -0.4 is 4.74 Å².